The molecule has 1 aromatic heterocycles. The molecule has 1 N–H and O–H groups in total. The lowest BCUT2D eigenvalue weighted by atomic mass is 10.2. The summed E-state index contributed by atoms with van der Waals surface area (Å²) in [5, 5.41) is 3.13. The first-order valence-electron chi connectivity index (χ1n) is 8.06. The summed E-state index contributed by atoms with van der Waals surface area (Å²) in [5.41, 5.74) is 0.838. The Hall–Kier alpha value is -1.68. The third-order valence-electron chi connectivity index (χ3n) is 4.66. The molecule has 2 unspecified atom stereocenters. The first kappa shape index (κ1) is 18.1. The Morgan fingerprint density at radius 1 is 1.16 bits per heavy atom. The molecule has 0 aliphatic carbocycles. The molecule has 0 radical (unpaired) electrons. The van der Waals surface area contributed by atoms with Crippen LogP contribution in [0.4, 0.5) is 5.69 Å². The van der Waals surface area contributed by atoms with Crippen molar-refractivity contribution in [3.8, 4) is 0 Å². The van der Waals surface area contributed by atoms with Gasteiger partial charge in [-0.05, 0) is 25.0 Å². The average Bonchev–Trinajstić information content (AvgIpc) is 3.07. The molecule has 2 fully saturated rings. The minimum Gasteiger partial charge on any atom is -0.381 e. The molecule has 0 aromatic carbocycles. The van der Waals surface area contributed by atoms with Crippen LogP contribution < -0.4 is 5.32 Å². The van der Waals surface area contributed by atoms with Crippen molar-refractivity contribution in [3.05, 3.63) is 24.0 Å². The second-order valence-corrected chi connectivity index (χ2v) is 11.1. The van der Waals surface area contributed by atoms with Crippen LogP contribution in [0, 0.1) is 0 Å². The Bertz CT molecular complexity index is 882. The van der Waals surface area contributed by atoms with E-state index in [2.05, 4.69) is 10.3 Å². The summed E-state index contributed by atoms with van der Waals surface area (Å²) in [7, 11) is -4.48. The summed E-state index contributed by atoms with van der Waals surface area (Å²) in [4.78, 5) is 18.1. The summed E-state index contributed by atoms with van der Waals surface area (Å²) in [6.07, 6.45) is 2.45. The summed E-state index contributed by atoms with van der Waals surface area (Å²) in [6, 6.07) is 2.75. The zero-order valence-corrected chi connectivity index (χ0v) is 15.5. The Morgan fingerprint density at radius 2 is 1.84 bits per heavy atom. The predicted octanol–water partition coefficient (Wildman–Crippen LogP) is -0.0603. The summed E-state index contributed by atoms with van der Waals surface area (Å²) in [6.45, 7) is 0. The molecule has 1 amide bonds. The maximum absolute atomic E-state index is 12.6. The molecule has 0 saturated carbocycles. The number of carbonyl (C=O) groups is 1. The van der Waals surface area contributed by atoms with Gasteiger partial charge in [-0.1, -0.05) is 0 Å². The number of amides is 1. The molecular weight excluding hydrogens is 366 g/mol. The van der Waals surface area contributed by atoms with E-state index in [1.54, 1.807) is 19.2 Å². The zero-order valence-electron chi connectivity index (χ0n) is 13.9. The van der Waals surface area contributed by atoms with Gasteiger partial charge in [-0.25, -0.2) is 16.8 Å². The van der Waals surface area contributed by atoms with Gasteiger partial charge in [0.15, 0.2) is 19.7 Å². The van der Waals surface area contributed by atoms with Crippen molar-refractivity contribution in [1.29, 1.82) is 0 Å². The molecule has 10 heteroatoms. The molecule has 3 rings (SSSR count). The number of carbonyl (C=O) groups excluding carboxylic acids is 1. The summed E-state index contributed by atoms with van der Waals surface area (Å²) < 4.78 is 46.2. The Labute approximate surface area is 147 Å². The summed E-state index contributed by atoms with van der Waals surface area (Å²) in [5.74, 6) is -0.0169. The van der Waals surface area contributed by atoms with Crippen LogP contribution in [0.5, 0.6) is 0 Å². The molecule has 2 saturated heterocycles. The molecule has 25 heavy (non-hydrogen) atoms. The van der Waals surface area contributed by atoms with Gasteiger partial charge in [0.05, 0.1) is 23.0 Å². The van der Waals surface area contributed by atoms with Crippen molar-refractivity contribution in [2.45, 2.75) is 24.9 Å². The number of sulfone groups is 2. The van der Waals surface area contributed by atoms with Gasteiger partial charge in [0, 0.05) is 31.0 Å². The molecule has 138 valence electrons. The zero-order chi connectivity index (χ0) is 18.2. The second kappa shape index (κ2) is 6.56. The van der Waals surface area contributed by atoms with Crippen LogP contribution in [0.3, 0.4) is 0 Å². The molecule has 2 aliphatic rings. The van der Waals surface area contributed by atoms with Crippen molar-refractivity contribution >= 4 is 31.3 Å². The van der Waals surface area contributed by atoms with E-state index >= 15 is 0 Å². The van der Waals surface area contributed by atoms with E-state index in [1.807, 2.05) is 0 Å². The molecule has 0 spiro atoms. The monoisotopic (exact) mass is 387 g/mol. The van der Waals surface area contributed by atoms with Crippen LogP contribution in [-0.4, -0.2) is 74.8 Å². The number of hydrogen-bond donors (Lipinski definition) is 1. The van der Waals surface area contributed by atoms with Crippen LogP contribution in [0.2, 0.25) is 0 Å². The number of anilines is 1. The minimum absolute atomic E-state index is 0.0207. The maximum atomic E-state index is 12.6. The number of hydrogen-bond acceptors (Lipinski definition) is 7. The van der Waals surface area contributed by atoms with Gasteiger partial charge < -0.3 is 10.2 Å². The third kappa shape index (κ3) is 4.30. The van der Waals surface area contributed by atoms with E-state index in [1.165, 1.54) is 11.1 Å². The minimum atomic E-state index is -3.07. The van der Waals surface area contributed by atoms with Gasteiger partial charge in [-0.15, -0.1) is 0 Å². The highest BCUT2D eigenvalue weighted by Crippen LogP contribution is 2.20. The van der Waals surface area contributed by atoms with Crippen molar-refractivity contribution in [1.82, 2.24) is 9.88 Å². The van der Waals surface area contributed by atoms with Gasteiger partial charge in [-0.2, -0.15) is 0 Å². The lowest BCUT2D eigenvalue weighted by molar-refractivity contribution is 0.0742. The van der Waals surface area contributed by atoms with E-state index in [-0.39, 0.29) is 46.7 Å². The van der Waals surface area contributed by atoms with Crippen molar-refractivity contribution in [3.63, 3.8) is 0 Å². The average molecular weight is 387 g/mol. The highest BCUT2D eigenvalue weighted by Gasteiger charge is 2.33. The molecule has 3 heterocycles. The van der Waals surface area contributed by atoms with E-state index in [0.29, 0.717) is 18.5 Å². The molecule has 8 nitrogen and oxygen atoms in total. The smallest absolute Gasteiger partial charge is 0.272 e. The molecule has 0 bridgehead atoms. The van der Waals surface area contributed by atoms with Crippen LogP contribution in [0.1, 0.15) is 23.3 Å². The standard InChI is InChI=1S/C15H21N3O5S2/c1-18(13-4-7-25(22,23)10-13)15(19)14-8-11(2-5-16-14)17-12-3-6-24(20,21)9-12/h2,5,8,12-13H,3-4,6-7,9-10H2,1H3,(H,16,17). The van der Waals surface area contributed by atoms with Gasteiger partial charge in [0.1, 0.15) is 5.69 Å². The third-order valence-corrected chi connectivity index (χ3v) is 8.18. The van der Waals surface area contributed by atoms with E-state index < -0.39 is 19.7 Å². The normalized spacial score (nSPS) is 27.1. The topological polar surface area (TPSA) is 114 Å². The maximum Gasteiger partial charge on any atom is 0.272 e. The number of aromatic nitrogens is 1. The van der Waals surface area contributed by atoms with E-state index in [0.717, 1.165) is 0 Å². The number of nitrogens with zero attached hydrogens (tertiary/aromatic N) is 2. The number of rotatable bonds is 4. The first-order chi connectivity index (χ1) is 11.7. The summed E-state index contributed by atoms with van der Waals surface area (Å²) >= 11 is 0. The van der Waals surface area contributed by atoms with Crippen LogP contribution in [0.25, 0.3) is 0 Å². The molecule has 1 aromatic rings. The quantitative estimate of drug-likeness (QED) is 0.770. The van der Waals surface area contributed by atoms with Crippen LogP contribution in [0.15, 0.2) is 18.3 Å². The fraction of sp³-hybridized carbons (Fsp3) is 0.600. The van der Waals surface area contributed by atoms with Gasteiger partial charge >= 0.3 is 0 Å². The SMILES string of the molecule is CN(C(=O)c1cc(NC2CCS(=O)(=O)C2)ccn1)C1CCS(=O)(=O)C1. The predicted molar refractivity (Wildman–Crippen MR) is 94.1 cm³/mol. The van der Waals surface area contributed by atoms with Gasteiger partial charge in [-0.3, -0.25) is 9.78 Å². The fourth-order valence-corrected chi connectivity index (χ4v) is 6.66. The first-order valence-corrected chi connectivity index (χ1v) is 11.7. The Balaban J connectivity index is 1.69. The number of nitrogens with one attached hydrogen (secondary N) is 1. The number of pyridine rings is 1. The largest absolute Gasteiger partial charge is 0.381 e. The lowest BCUT2D eigenvalue weighted by Crippen LogP contribution is -2.38. The van der Waals surface area contributed by atoms with Crippen LogP contribution in [-0.2, 0) is 19.7 Å². The van der Waals surface area contributed by atoms with E-state index in [4.69, 9.17) is 0 Å². The van der Waals surface area contributed by atoms with Crippen molar-refractivity contribution in [2.24, 2.45) is 0 Å². The van der Waals surface area contributed by atoms with Gasteiger partial charge in [0.2, 0.25) is 0 Å². The molecule has 2 aliphatic heterocycles. The second-order valence-electron chi connectivity index (χ2n) is 6.65. The lowest BCUT2D eigenvalue weighted by Gasteiger charge is -2.23. The van der Waals surface area contributed by atoms with E-state index in [9.17, 15) is 21.6 Å². The fourth-order valence-electron chi connectivity index (χ4n) is 3.21. The van der Waals surface area contributed by atoms with Crippen LogP contribution >= 0.6 is 0 Å². The highest BCUT2D eigenvalue weighted by atomic mass is 32.2. The molecule has 2 atom stereocenters. The highest BCUT2D eigenvalue weighted by molar-refractivity contribution is 7.91. The van der Waals surface area contributed by atoms with Crippen molar-refractivity contribution in [2.75, 3.05) is 35.4 Å². The Kier molecular flexibility index (Phi) is 4.76. The Morgan fingerprint density at radius 3 is 2.44 bits per heavy atom. The molecular formula is C15H21N3O5S2. The van der Waals surface area contributed by atoms with Gasteiger partial charge in [0.25, 0.3) is 5.91 Å². The van der Waals surface area contributed by atoms with Crippen molar-refractivity contribution < 1.29 is 21.6 Å².